The van der Waals surface area contributed by atoms with Gasteiger partial charge in [-0.25, -0.2) is 0 Å². The van der Waals surface area contributed by atoms with Crippen molar-refractivity contribution in [3.05, 3.63) is 83.1 Å². The van der Waals surface area contributed by atoms with Crippen LogP contribution in [0.25, 0.3) is 11.6 Å². The average molecular weight is 439 g/mol. The highest BCUT2D eigenvalue weighted by molar-refractivity contribution is 7.99. The van der Waals surface area contributed by atoms with E-state index in [2.05, 4.69) is 15.5 Å². The Bertz CT molecular complexity index is 1140. The van der Waals surface area contributed by atoms with Gasteiger partial charge in [-0.05, 0) is 42.3 Å². The van der Waals surface area contributed by atoms with Crippen molar-refractivity contribution >= 4 is 35.0 Å². The second kappa shape index (κ2) is 9.19. The van der Waals surface area contributed by atoms with Gasteiger partial charge in [-0.3, -0.25) is 9.36 Å². The number of furan rings is 1. The van der Waals surface area contributed by atoms with Crippen LogP contribution in [0, 0.1) is 6.92 Å². The van der Waals surface area contributed by atoms with Gasteiger partial charge >= 0.3 is 0 Å². The molecule has 30 heavy (non-hydrogen) atoms. The largest absolute Gasteiger partial charge is 0.461 e. The number of amides is 1. The maximum atomic E-state index is 12.5. The SMILES string of the molecule is Cc1ccc(NC(=O)CSc2nnc(-c3ccco3)n2Cc2ccccc2)c(Cl)c1. The van der Waals surface area contributed by atoms with Gasteiger partial charge in [0.25, 0.3) is 0 Å². The molecule has 4 rings (SSSR count). The molecule has 0 saturated heterocycles. The molecule has 2 aromatic carbocycles. The minimum atomic E-state index is -0.167. The van der Waals surface area contributed by atoms with Crippen molar-refractivity contribution in [3.63, 3.8) is 0 Å². The molecule has 0 atom stereocenters. The summed E-state index contributed by atoms with van der Waals surface area (Å²) in [6.07, 6.45) is 1.60. The number of aryl methyl sites for hydroxylation is 1. The topological polar surface area (TPSA) is 73.0 Å². The molecule has 0 bridgehead atoms. The monoisotopic (exact) mass is 438 g/mol. The van der Waals surface area contributed by atoms with Crippen LogP contribution in [-0.2, 0) is 11.3 Å². The Kier molecular flexibility index (Phi) is 6.21. The van der Waals surface area contributed by atoms with E-state index in [0.717, 1.165) is 11.1 Å². The van der Waals surface area contributed by atoms with E-state index in [9.17, 15) is 4.79 Å². The van der Waals surface area contributed by atoms with Crippen molar-refractivity contribution in [2.75, 3.05) is 11.1 Å². The van der Waals surface area contributed by atoms with Gasteiger partial charge in [-0.1, -0.05) is 59.8 Å². The molecule has 0 aliphatic carbocycles. The standard InChI is InChI=1S/C22H19ClN4O2S/c1-15-9-10-18(17(23)12-15)24-20(28)14-30-22-26-25-21(19-8-5-11-29-19)27(22)13-16-6-3-2-4-7-16/h2-12H,13-14H2,1H3,(H,24,28). The first-order chi connectivity index (χ1) is 14.6. The molecule has 152 valence electrons. The summed E-state index contributed by atoms with van der Waals surface area (Å²) in [4.78, 5) is 12.5. The molecule has 0 fully saturated rings. The molecule has 0 unspecified atom stereocenters. The lowest BCUT2D eigenvalue weighted by Crippen LogP contribution is -2.15. The Morgan fingerprint density at radius 1 is 1.13 bits per heavy atom. The molecule has 1 N–H and O–H groups in total. The third-order valence-electron chi connectivity index (χ3n) is 4.37. The molecule has 2 aromatic heterocycles. The van der Waals surface area contributed by atoms with E-state index in [0.29, 0.717) is 34.0 Å². The second-order valence-corrected chi connectivity index (χ2v) is 8.03. The van der Waals surface area contributed by atoms with E-state index in [1.807, 2.05) is 66.1 Å². The lowest BCUT2D eigenvalue weighted by molar-refractivity contribution is -0.113. The smallest absolute Gasteiger partial charge is 0.234 e. The zero-order valence-electron chi connectivity index (χ0n) is 16.2. The zero-order valence-corrected chi connectivity index (χ0v) is 17.8. The van der Waals surface area contributed by atoms with Crippen molar-refractivity contribution in [2.45, 2.75) is 18.6 Å². The van der Waals surface area contributed by atoms with Crippen LogP contribution in [0.3, 0.4) is 0 Å². The van der Waals surface area contributed by atoms with Crippen LogP contribution in [0.1, 0.15) is 11.1 Å². The first kappa shape index (κ1) is 20.3. The van der Waals surface area contributed by atoms with Crippen LogP contribution in [-0.4, -0.2) is 26.4 Å². The van der Waals surface area contributed by atoms with Gasteiger partial charge in [0.05, 0.1) is 29.3 Å². The summed E-state index contributed by atoms with van der Waals surface area (Å²) in [7, 11) is 0. The third kappa shape index (κ3) is 4.75. The molecule has 0 radical (unpaired) electrons. The van der Waals surface area contributed by atoms with Gasteiger partial charge in [0, 0.05) is 0 Å². The van der Waals surface area contributed by atoms with Crippen molar-refractivity contribution in [3.8, 4) is 11.6 Å². The normalized spacial score (nSPS) is 10.9. The number of thioether (sulfide) groups is 1. The molecule has 8 heteroatoms. The number of anilines is 1. The van der Waals surface area contributed by atoms with Gasteiger partial charge in [0.1, 0.15) is 0 Å². The zero-order chi connectivity index (χ0) is 20.9. The molecule has 0 aliphatic rings. The quantitative estimate of drug-likeness (QED) is 0.397. The van der Waals surface area contributed by atoms with E-state index in [1.165, 1.54) is 11.8 Å². The van der Waals surface area contributed by atoms with Crippen LogP contribution < -0.4 is 5.32 Å². The number of benzene rings is 2. The Labute approximate surface area is 183 Å². The van der Waals surface area contributed by atoms with Gasteiger partial charge < -0.3 is 9.73 Å². The van der Waals surface area contributed by atoms with E-state index < -0.39 is 0 Å². The Balaban J connectivity index is 1.51. The molecule has 0 saturated carbocycles. The number of aromatic nitrogens is 3. The summed E-state index contributed by atoms with van der Waals surface area (Å²) < 4.78 is 7.46. The van der Waals surface area contributed by atoms with E-state index in [4.69, 9.17) is 16.0 Å². The predicted molar refractivity (Wildman–Crippen MR) is 119 cm³/mol. The van der Waals surface area contributed by atoms with Crippen molar-refractivity contribution < 1.29 is 9.21 Å². The van der Waals surface area contributed by atoms with Crippen LogP contribution in [0.4, 0.5) is 5.69 Å². The van der Waals surface area contributed by atoms with E-state index in [1.54, 1.807) is 12.3 Å². The maximum absolute atomic E-state index is 12.5. The molecule has 2 heterocycles. The van der Waals surface area contributed by atoms with Crippen molar-refractivity contribution in [1.29, 1.82) is 0 Å². The van der Waals surface area contributed by atoms with Crippen molar-refractivity contribution in [2.24, 2.45) is 0 Å². The van der Waals surface area contributed by atoms with Gasteiger partial charge in [-0.2, -0.15) is 0 Å². The number of carbonyl (C=O) groups is 1. The molecular weight excluding hydrogens is 420 g/mol. The summed E-state index contributed by atoms with van der Waals surface area (Å²) in [5, 5.41) is 12.6. The number of nitrogens with one attached hydrogen (secondary N) is 1. The highest BCUT2D eigenvalue weighted by atomic mass is 35.5. The summed E-state index contributed by atoms with van der Waals surface area (Å²) in [6.45, 7) is 2.51. The molecule has 4 aromatic rings. The Hall–Kier alpha value is -3.03. The Morgan fingerprint density at radius 2 is 1.97 bits per heavy atom. The van der Waals surface area contributed by atoms with Crippen LogP contribution in [0.2, 0.25) is 5.02 Å². The first-order valence-corrected chi connectivity index (χ1v) is 10.7. The maximum Gasteiger partial charge on any atom is 0.234 e. The van der Waals surface area contributed by atoms with Gasteiger partial charge in [-0.15, -0.1) is 10.2 Å². The van der Waals surface area contributed by atoms with Crippen LogP contribution in [0.15, 0.2) is 76.5 Å². The minimum Gasteiger partial charge on any atom is -0.461 e. The van der Waals surface area contributed by atoms with Gasteiger partial charge in [0.15, 0.2) is 10.9 Å². The Morgan fingerprint density at radius 3 is 2.70 bits per heavy atom. The number of hydrogen-bond acceptors (Lipinski definition) is 5. The number of carbonyl (C=O) groups excluding carboxylic acids is 1. The molecule has 0 spiro atoms. The fourth-order valence-corrected chi connectivity index (χ4v) is 3.95. The predicted octanol–water partition coefficient (Wildman–Crippen LogP) is 5.28. The lowest BCUT2D eigenvalue weighted by atomic mass is 10.2. The number of hydrogen-bond donors (Lipinski definition) is 1. The van der Waals surface area contributed by atoms with E-state index >= 15 is 0 Å². The van der Waals surface area contributed by atoms with Crippen LogP contribution in [0.5, 0.6) is 0 Å². The van der Waals surface area contributed by atoms with Gasteiger partial charge in [0.2, 0.25) is 11.7 Å². The highest BCUT2D eigenvalue weighted by Crippen LogP contribution is 2.27. The lowest BCUT2D eigenvalue weighted by Gasteiger charge is -2.10. The fourth-order valence-electron chi connectivity index (χ4n) is 2.93. The minimum absolute atomic E-state index is 0.167. The first-order valence-electron chi connectivity index (χ1n) is 9.30. The fraction of sp³-hybridized carbons (Fsp3) is 0.136. The molecule has 0 aliphatic heterocycles. The third-order valence-corrected chi connectivity index (χ3v) is 5.65. The average Bonchev–Trinajstić information content (AvgIpc) is 3.39. The molecular formula is C22H19ClN4O2S. The van der Waals surface area contributed by atoms with Crippen molar-refractivity contribution in [1.82, 2.24) is 14.8 Å². The summed E-state index contributed by atoms with van der Waals surface area (Å²) in [5.74, 6) is 1.25. The second-order valence-electron chi connectivity index (χ2n) is 6.68. The molecule has 6 nitrogen and oxygen atoms in total. The highest BCUT2D eigenvalue weighted by Gasteiger charge is 2.18. The summed E-state index contributed by atoms with van der Waals surface area (Å²) in [5.41, 5.74) is 2.73. The molecule has 1 amide bonds. The number of halogens is 1. The van der Waals surface area contributed by atoms with E-state index in [-0.39, 0.29) is 11.7 Å². The number of nitrogens with zero attached hydrogens (tertiary/aromatic N) is 3. The summed E-state index contributed by atoms with van der Waals surface area (Å²) in [6, 6.07) is 19.2. The van der Waals surface area contributed by atoms with Crippen LogP contribution >= 0.6 is 23.4 Å². The number of rotatable bonds is 7. The summed E-state index contributed by atoms with van der Waals surface area (Å²) >= 11 is 7.52.